The summed E-state index contributed by atoms with van der Waals surface area (Å²) in [5.41, 5.74) is 4.08. The molecule has 27 heavy (non-hydrogen) atoms. The summed E-state index contributed by atoms with van der Waals surface area (Å²) in [4.78, 5) is 4.72. The first kappa shape index (κ1) is 19.0. The molecule has 1 aromatic heterocycles. The van der Waals surface area contributed by atoms with Crippen molar-refractivity contribution in [3.8, 4) is 17.2 Å². The van der Waals surface area contributed by atoms with Gasteiger partial charge in [-0.25, -0.2) is 0 Å². The Hall–Kier alpha value is -2.76. The van der Waals surface area contributed by atoms with Gasteiger partial charge in [-0.2, -0.15) is 0 Å². The third-order valence-corrected chi connectivity index (χ3v) is 4.29. The molecule has 0 unspecified atom stereocenters. The lowest BCUT2D eigenvalue weighted by Crippen LogP contribution is -2.16. The fourth-order valence-corrected chi connectivity index (χ4v) is 2.96. The van der Waals surface area contributed by atoms with Crippen LogP contribution in [0.2, 0.25) is 0 Å². The third-order valence-electron chi connectivity index (χ3n) is 4.29. The Bertz CT molecular complexity index is 950. The van der Waals surface area contributed by atoms with Crippen LogP contribution in [-0.4, -0.2) is 11.3 Å². The third kappa shape index (κ3) is 4.51. The van der Waals surface area contributed by atoms with Crippen LogP contribution in [0.1, 0.15) is 30.7 Å². The summed E-state index contributed by atoms with van der Waals surface area (Å²) in [6, 6.07) is 11.4. The molecular formula is C21H20F3NO2. The van der Waals surface area contributed by atoms with Crippen molar-refractivity contribution in [1.82, 2.24) is 4.98 Å². The molecule has 0 spiro atoms. The molecule has 0 bridgehead atoms. The maximum absolute atomic E-state index is 12.3. The van der Waals surface area contributed by atoms with Crippen LogP contribution in [0, 0.1) is 6.92 Å². The number of nitrogens with zero attached hydrogens (tertiary/aromatic N) is 1. The summed E-state index contributed by atoms with van der Waals surface area (Å²) >= 11 is 0. The van der Waals surface area contributed by atoms with Crippen molar-refractivity contribution in [3.05, 3.63) is 59.3 Å². The molecule has 6 heteroatoms. The Balaban J connectivity index is 1.91. The molecule has 0 aliphatic rings. The zero-order chi connectivity index (χ0) is 19.6. The molecule has 0 radical (unpaired) electrons. The molecule has 0 saturated carbocycles. The number of aromatic nitrogens is 1. The Morgan fingerprint density at radius 3 is 2.19 bits per heavy atom. The highest BCUT2D eigenvalue weighted by Gasteiger charge is 2.31. The smallest absolute Gasteiger partial charge is 0.457 e. The predicted octanol–water partition coefficient (Wildman–Crippen LogP) is 6.36. The van der Waals surface area contributed by atoms with Crippen LogP contribution in [0.5, 0.6) is 17.2 Å². The number of halogens is 3. The van der Waals surface area contributed by atoms with Crippen molar-refractivity contribution < 1.29 is 22.6 Å². The second kappa shape index (κ2) is 7.47. The number of rotatable bonds is 5. The van der Waals surface area contributed by atoms with Crippen molar-refractivity contribution in [2.45, 2.75) is 40.0 Å². The average molecular weight is 375 g/mol. The fraction of sp³-hybridized carbons (Fsp3) is 0.286. The topological polar surface area (TPSA) is 31.4 Å². The molecule has 3 rings (SSSR count). The highest BCUT2D eigenvalue weighted by Crippen LogP contribution is 2.32. The molecule has 3 aromatic rings. The van der Waals surface area contributed by atoms with Crippen LogP contribution >= 0.6 is 0 Å². The average Bonchev–Trinajstić information content (AvgIpc) is 2.61. The van der Waals surface area contributed by atoms with Crippen molar-refractivity contribution in [2.24, 2.45) is 0 Å². The van der Waals surface area contributed by atoms with E-state index in [1.54, 1.807) is 0 Å². The summed E-state index contributed by atoms with van der Waals surface area (Å²) in [7, 11) is 0. The van der Waals surface area contributed by atoms with Gasteiger partial charge in [0.15, 0.2) is 0 Å². The molecule has 0 saturated heterocycles. The van der Waals surface area contributed by atoms with E-state index in [4.69, 9.17) is 9.72 Å². The lowest BCUT2D eigenvalue weighted by atomic mass is 10.0. The Morgan fingerprint density at radius 2 is 1.59 bits per heavy atom. The van der Waals surface area contributed by atoms with Gasteiger partial charge in [-0.3, -0.25) is 4.98 Å². The van der Waals surface area contributed by atoms with E-state index in [9.17, 15) is 13.2 Å². The molecular weight excluding hydrogens is 355 g/mol. The number of fused-ring (bicyclic) bond motifs is 1. The summed E-state index contributed by atoms with van der Waals surface area (Å²) in [6.07, 6.45) is -3.09. The monoisotopic (exact) mass is 375 g/mol. The van der Waals surface area contributed by atoms with Gasteiger partial charge in [0.1, 0.15) is 17.2 Å². The van der Waals surface area contributed by atoms with Crippen LogP contribution in [0.4, 0.5) is 13.2 Å². The molecule has 0 N–H and O–H groups in total. The molecule has 0 aliphatic heterocycles. The van der Waals surface area contributed by atoms with Crippen LogP contribution in [-0.2, 0) is 12.8 Å². The summed E-state index contributed by atoms with van der Waals surface area (Å²) < 4.78 is 46.6. The first-order valence-corrected chi connectivity index (χ1v) is 8.76. The fourth-order valence-electron chi connectivity index (χ4n) is 2.96. The van der Waals surface area contributed by atoms with Crippen LogP contribution < -0.4 is 9.47 Å². The Morgan fingerprint density at radius 1 is 0.926 bits per heavy atom. The van der Waals surface area contributed by atoms with Crippen molar-refractivity contribution in [3.63, 3.8) is 0 Å². The summed E-state index contributed by atoms with van der Waals surface area (Å²) in [5.74, 6) is 0.823. The lowest BCUT2D eigenvalue weighted by molar-refractivity contribution is -0.274. The van der Waals surface area contributed by atoms with E-state index in [2.05, 4.69) is 17.7 Å². The van der Waals surface area contributed by atoms with Gasteiger partial charge in [-0.05, 0) is 73.4 Å². The van der Waals surface area contributed by atoms with Gasteiger partial charge in [0, 0.05) is 11.1 Å². The molecule has 0 amide bonds. The molecule has 142 valence electrons. The van der Waals surface area contributed by atoms with Gasteiger partial charge in [0.05, 0.1) is 5.52 Å². The minimum Gasteiger partial charge on any atom is -0.457 e. The van der Waals surface area contributed by atoms with E-state index < -0.39 is 6.36 Å². The van der Waals surface area contributed by atoms with Crippen molar-refractivity contribution >= 4 is 10.9 Å². The van der Waals surface area contributed by atoms with Gasteiger partial charge in [-0.1, -0.05) is 13.8 Å². The molecule has 0 fully saturated rings. The van der Waals surface area contributed by atoms with Gasteiger partial charge in [-0.15, -0.1) is 13.2 Å². The number of pyridine rings is 1. The molecule has 1 heterocycles. The van der Waals surface area contributed by atoms with Gasteiger partial charge >= 0.3 is 6.36 Å². The lowest BCUT2D eigenvalue weighted by Gasteiger charge is -2.14. The predicted molar refractivity (Wildman–Crippen MR) is 98.4 cm³/mol. The standard InChI is InChI=1S/C21H20F3NO2/c1-4-14-11-19-15(10-13(3)18(5-2)25-19)12-20(14)26-16-6-8-17(9-7-16)27-21(22,23)24/h6-12H,4-5H2,1-3H3. The molecule has 2 aromatic carbocycles. The zero-order valence-corrected chi connectivity index (χ0v) is 15.4. The maximum atomic E-state index is 12.3. The van der Waals surface area contributed by atoms with E-state index in [0.717, 1.165) is 40.6 Å². The Kier molecular flexibility index (Phi) is 5.26. The second-order valence-corrected chi connectivity index (χ2v) is 6.23. The van der Waals surface area contributed by atoms with Crippen molar-refractivity contribution in [2.75, 3.05) is 0 Å². The largest absolute Gasteiger partial charge is 0.573 e. The van der Waals surface area contributed by atoms with Gasteiger partial charge in [0.25, 0.3) is 0 Å². The molecule has 0 aliphatic carbocycles. The minimum atomic E-state index is -4.71. The summed E-state index contributed by atoms with van der Waals surface area (Å²) in [6.45, 7) is 6.12. The van der Waals surface area contributed by atoms with Crippen LogP contribution in [0.15, 0.2) is 42.5 Å². The molecule has 0 atom stereocenters. The van der Waals surface area contributed by atoms with E-state index in [0.29, 0.717) is 11.5 Å². The number of hydrogen-bond donors (Lipinski definition) is 0. The van der Waals surface area contributed by atoms with E-state index in [1.807, 2.05) is 26.0 Å². The second-order valence-electron chi connectivity index (χ2n) is 6.23. The van der Waals surface area contributed by atoms with Gasteiger partial charge < -0.3 is 9.47 Å². The number of alkyl halides is 3. The van der Waals surface area contributed by atoms with Crippen LogP contribution in [0.25, 0.3) is 10.9 Å². The summed E-state index contributed by atoms with van der Waals surface area (Å²) in [5, 5.41) is 0.967. The Labute approximate surface area is 155 Å². The maximum Gasteiger partial charge on any atom is 0.573 e. The first-order chi connectivity index (χ1) is 12.8. The van der Waals surface area contributed by atoms with Crippen molar-refractivity contribution in [1.29, 1.82) is 0 Å². The normalized spacial score (nSPS) is 11.6. The SMILES string of the molecule is CCc1cc2nc(CC)c(C)cc2cc1Oc1ccc(OC(F)(F)F)cc1. The minimum absolute atomic E-state index is 0.281. The van der Waals surface area contributed by atoms with Gasteiger partial charge in [0.2, 0.25) is 0 Å². The quantitative estimate of drug-likeness (QED) is 0.520. The first-order valence-electron chi connectivity index (χ1n) is 8.76. The number of benzene rings is 2. The number of hydrogen-bond acceptors (Lipinski definition) is 3. The van der Waals surface area contributed by atoms with E-state index in [1.165, 1.54) is 24.3 Å². The number of aryl methyl sites for hydroxylation is 3. The van der Waals surface area contributed by atoms with E-state index in [-0.39, 0.29) is 5.75 Å². The number of ether oxygens (including phenoxy) is 2. The highest BCUT2D eigenvalue weighted by molar-refractivity contribution is 5.82. The van der Waals surface area contributed by atoms with E-state index >= 15 is 0 Å². The van der Waals surface area contributed by atoms with Crippen LogP contribution in [0.3, 0.4) is 0 Å². The zero-order valence-electron chi connectivity index (χ0n) is 15.4. The highest BCUT2D eigenvalue weighted by atomic mass is 19.4. The molecule has 3 nitrogen and oxygen atoms in total.